The minimum Gasteiger partial charge on any atom is -0.496 e. The van der Waals surface area contributed by atoms with Gasteiger partial charge in [0.2, 0.25) is 5.91 Å². The topological polar surface area (TPSA) is 133 Å². The highest BCUT2D eigenvalue weighted by Gasteiger charge is 2.57. The highest BCUT2D eigenvalue weighted by atomic mass is 16.7. The molecule has 2 amide bonds. The minimum atomic E-state index is -0.902. The molecule has 4 fully saturated rings. The molecule has 4 aliphatic rings. The average molecular weight is 743 g/mol. The van der Waals surface area contributed by atoms with E-state index >= 15 is 0 Å². The van der Waals surface area contributed by atoms with Gasteiger partial charge in [-0.05, 0) is 84.7 Å². The van der Waals surface area contributed by atoms with Crippen molar-refractivity contribution in [1.29, 1.82) is 0 Å². The number of para-hydroxylation sites is 2. The van der Waals surface area contributed by atoms with E-state index in [0.29, 0.717) is 42.0 Å². The number of ether oxygens (including phenoxy) is 2. The van der Waals surface area contributed by atoms with Gasteiger partial charge in [0.1, 0.15) is 23.6 Å². The van der Waals surface area contributed by atoms with Crippen LogP contribution in [0.2, 0.25) is 0 Å². The number of hydrogen-bond acceptors (Lipinski definition) is 9. The predicted molar refractivity (Wildman–Crippen MR) is 209 cm³/mol. The van der Waals surface area contributed by atoms with Crippen molar-refractivity contribution in [1.82, 2.24) is 15.7 Å². The summed E-state index contributed by atoms with van der Waals surface area (Å²) < 4.78 is 11.5. The standard InChI is InChI=1S/C43H58N4O7/c1-25-34-21-31(43(34,3)4)22-35(25)45-42(51)39-38(26(2)49)37(24-48)54-47(39)23-28-13-11-14-33(40(28)53-8)29-18-30(20-32(19-29)46(5)6)41(50)44-17-16-27-12-9-10-15-36(27)52-7/h9-15,18-20,25-26,31,34-35,37-39,48-49H,16-17,21-24H2,1-8H3,(H,44,50)(H,45,51)/t25-,26-,31+,34-,35-,37-,38+,39?/m0/s1. The molecule has 3 aromatic rings. The van der Waals surface area contributed by atoms with Crippen LogP contribution in [0.1, 0.15) is 62.0 Å². The number of methoxy groups -OCH3 is 2. The lowest BCUT2D eigenvalue weighted by molar-refractivity contribution is -0.183. The molecule has 0 radical (unpaired) electrons. The first-order valence-electron chi connectivity index (χ1n) is 19.2. The molecule has 3 saturated carbocycles. The number of aliphatic hydroxyl groups is 2. The van der Waals surface area contributed by atoms with Crippen LogP contribution in [0, 0.1) is 29.1 Å². The molecule has 1 saturated heterocycles. The summed E-state index contributed by atoms with van der Waals surface area (Å²) in [5.41, 5.74) is 4.95. The van der Waals surface area contributed by atoms with Gasteiger partial charge in [0.15, 0.2) is 0 Å². The predicted octanol–water partition coefficient (Wildman–Crippen LogP) is 5.07. The van der Waals surface area contributed by atoms with E-state index < -0.39 is 24.2 Å². The van der Waals surface area contributed by atoms with Crippen molar-refractivity contribution in [3.05, 3.63) is 77.4 Å². The molecule has 0 aromatic heterocycles. The number of carbonyl (C=O) groups excluding carboxylic acids is 2. The smallest absolute Gasteiger partial charge is 0.251 e. The number of amides is 2. The van der Waals surface area contributed by atoms with Crippen molar-refractivity contribution in [2.24, 2.45) is 29.1 Å². The Morgan fingerprint density at radius 2 is 1.78 bits per heavy atom. The van der Waals surface area contributed by atoms with E-state index in [2.05, 4.69) is 31.4 Å². The third kappa shape index (κ3) is 7.69. The number of anilines is 1. The molecule has 8 atom stereocenters. The van der Waals surface area contributed by atoms with E-state index in [9.17, 15) is 19.8 Å². The fraction of sp³-hybridized carbons (Fsp3) is 0.535. The maximum absolute atomic E-state index is 14.2. The van der Waals surface area contributed by atoms with Gasteiger partial charge in [-0.3, -0.25) is 14.4 Å². The molecule has 54 heavy (non-hydrogen) atoms. The lowest BCUT2D eigenvalue weighted by Gasteiger charge is -2.62. The summed E-state index contributed by atoms with van der Waals surface area (Å²) >= 11 is 0. The largest absolute Gasteiger partial charge is 0.496 e. The molecule has 1 heterocycles. The summed E-state index contributed by atoms with van der Waals surface area (Å²) in [5.74, 6) is 1.77. The highest BCUT2D eigenvalue weighted by molar-refractivity contribution is 5.97. The van der Waals surface area contributed by atoms with Crippen LogP contribution in [0.25, 0.3) is 11.1 Å². The maximum atomic E-state index is 14.2. The number of nitrogens with one attached hydrogen (secondary N) is 2. The Labute approximate surface area is 319 Å². The number of hydroxylamine groups is 2. The Morgan fingerprint density at radius 1 is 1.04 bits per heavy atom. The van der Waals surface area contributed by atoms with Crippen molar-refractivity contribution < 1.29 is 34.1 Å². The van der Waals surface area contributed by atoms with Crippen LogP contribution in [-0.2, 0) is 22.6 Å². The Balaban J connectivity index is 1.25. The summed E-state index contributed by atoms with van der Waals surface area (Å²) in [5, 5.41) is 29.3. The first-order chi connectivity index (χ1) is 25.8. The lowest BCUT2D eigenvalue weighted by Crippen LogP contribution is -2.62. The van der Waals surface area contributed by atoms with E-state index in [1.165, 1.54) is 6.42 Å². The molecule has 2 bridgehead atoms. The van der Waals surface area contributed by atoms with E-state index in [1.807, 2.05) is 79.7 Å². The molecule has 3 aliphatic carbocycles. The van der Waals surface area contributed by atoms with Crippen LogP contribution >= 0.6 is 0 Å². The minimum absolute atomic E-state index is 0.0355. The summed E-state index contributed by atoms with van der Waals surface area (Å²) in [6.07, 6.45) is 1.09. The number of aliphatic hydroxyl groups excluding tert-OH is 2. The van der Waals surface area contributed by atoms with Crippen LogP contribution in [0.3, 0.4) is 0 Å². The van der Waals surface area contributed by atoms with Crippen molar-refractivity contribution in [3.8, 4) is 22.6 Å². The number of benzene rings is 3. The van der Waals surface area contributed by atoms with E-state index in [0.717, 1.165) is 40.1 Å². The van der Waals surface area contributed by atoms with Crippen molar-refractivity contribution in [3.63, 3.8) is 0 Å². The van der Waals surface area contributed by atoms with Gasteiger partial charge in [-0.1, -0.05) is 57.2 Å². The van der Waals surface area contributed by atoms with Gasteiger partial charge in [0, 0.05) is 55.0 Å². The third-order valence-corrected chi connectivity index (χ3v) is 12.6. The molecule has 0 spiro atoms. The summed E-state index contributed by atoms with van der Waals surface area (Å²) in [6.45, 7) is 8.81. The average Bonchev–Trinajstić information content (AvgIpc) is 3.53. The summed E-state index contributed by atoms with van der Waals surface area (Å²) in [6, 6.07) is 18.5. The van der Waals surface area contributed by atoms with E-state index in [4.69, 9.17) is 14.3 Å². The molecule has 3 aromatic carbocycles. The Morgan fingerprint density at radius 3 is 2.43 bits per heavy atom. The van der Waals surface area contributed by atoms with Gasteiger partial charge in [-0.15, -0.1) is 0 Å². The summed E-state index contributed by atoms with van der Waals surface area (Å²) in [7, 11) is 7.10. The zero-order valence-corrected chi connectivity index (χ0v) is 33.0. The van der Waals surface area contributed by atoms with Crippen molar-refractivity contribution >= 4 is 17.5 Å². The SMILES string of the molecule is COc1ccccc1CCNC(=O)c1cc(-c2cccc(CN3O[C@@H](CO)[C@@H]([C@H](C)O)C3C(=O)N[C@H]3C[C@H]4C[C@@H]([C@@H]3C)C4(C)C)c2OC)cc(N(C)C)c1. The first kappa shape index (κ1) is 39.5. The highest BCUT2D eigenvalue weighted by Crippen LogP contribution is 2.61. The zero-order chi connectivity index (χ0) is 38.9. The van der Waals surface area contributed by atoms with Crippen LogP contribution < -0.4 is 25.0 Å². The van der Waals surface area contributed by atoms with Gasteiger partial charge in [-0.2, -0.15) is 5.06 Å². The number of hydrogen-bond donors (Lipinski definition) is 4. The normalized spacial score (nSPS) is 26.4. The van der Waals surface area contributed by atoms with Gasteiger partial charge in [0.25, 0.3) is 5.91 Å². The number of carbonyl (C=O) groups is 2. The monoisotopic (exact) mass is 742 g/mol. The molecular formula is C43H58N4O7. The number of fused-ring (bicyclic) bond motifs is 2. The lowest BCUT2D eigenvalue weighted by atomic mass is 9.45. The van der Waals surface area contributed by atoms with Gasteiger partial charge in [-0.25, -0.2) is 0 Å². The fourth-order valence-electron chi connectivity index (χ4n) is 9.31. The zero-order valence-electron chi connectivity index (χ0n) is 33.0. The molecule has 4 N–H and O–H groups in total. The number of nitrogens with zero attached hydrogens (tertiary/aromatic N) is 2. The molecule has 292 valence electrons. The molecular weight excluding hydrogens is 684 g/mol. The van der Waals surface area contributed by atoms with E-state index in [1.54, 1.807) is 26.2 Å². The van der Waals surface area contributed by atoms with Crippen LogP contribution in [0.15, 0.2) is 60.7 Å². The van der Waals surface area contributed by atoms with Gasteiger partial charge < -0.3 is 35.2 Å². The molecule has 11 heteroatoms. The maximum Gasteiger partial charge on any atom is 0.251 e. The Hall–Kier alpha value is -4.16. The van der Waals surface area contributed by atoms with E-state index in [-0.39, 0.29) is 36.4 Å². The van der Waals surface area contributed by atoms with Gasteiger partial charge in [0.05, 0.1) is 33.5 Å². The quantitative estimate of drug-likeness (QED) is 0.179. The van der Waals surface area contributed by atoms with Crippen LogP contribution in [-0.4, -0.2) is 92.8 Å². The summed E-state index contributed by atoms with van der Waals surface area (Å²) in [4.78, 5) is 36.0. The number of rotatable bonds is 14. The molecule has 7 rings (SSSR count). The molecule has 11 nitrogen and oxygen atoms in total. The second-order valence-corrected chi connectivity index (χ2v) is 16.2. The van der Waals surface area contributed by atoms with Crippen molar-refractivity contribution in [2.75, 3.05) is 46.4 Å². The first-order valence-corrected chi connectivity index (χ1v) is 19.2. The Kier molecular flexibility index (Phi) is 11.9. The second-order valence-electron chi connectivity index (χ2n) is 16.2. The third-order valence-electron chi connectivity index (χ3n) is 12.6. The van der Waals surface area contributed by atoms with Gasteiger partial charge >= 0.3 is 0 Å². The second kappa shape index (κ2) is 16.3. The van der Waals surface area contributed by atoms with Crippen molar-refractivity contribution in [2.45, 2.75) is 77.8 Å². The van der Waals surface area contributed by atoms with Crippen LogP contribution in [0.5, 0.6) is 11.5 Å². The Bertz CT molecular complexity index is 1810. The fourth-order valence-corrected chi connectivity index (χ4v) is 9.31. The molecule has 1 unspecified atom stereocenters. The van der Waals surface area contributed by atoms with Crippen LogP contribution in [0.4, 0.5) is 5.69 Å². The molecule has 1 aliphatic heterocycles.